The molecule has 1 heterocycles. The van der Waals surface area contributed by atoms with Gasteiger partial charge in [-0.1, -0.05) is 6.07 Å². The van der Waals surface area contributed by atoms with E-state index in [9.17, 15) is 22.8 Å². The molecular weight excluding hydrogens is 339 g/mol. The number of carbonyl (C=O) groups is 2. The van der Waals surface area contributed by atoms with Crippen LogP contribution in [0.2, 0.25) is 0 Å². The second kappa shape index (κ2) is 6.23. The molecule has 0 aliphatic heterocycles. The summed E-state index contributed by atoms with van der Waals surface area (Å²) in [5, 5.41) is 6.03. The highest BCUT2D eigenvalue weighted by molar-refractivity contribution is 5.96. The van der Waals surface area contributed by atoms with Gasteiger partial charge in [-0.2, -0.15) is 18.3 Å². The van der Waals surface area contributed by atoms with Crippen molar-refractivity contribution in [1.29, 1.82) is 0 Å². The molecule has 6 nitrogen and oxygen atoms in total. The molecule has 1 N–H and O–H groups in total. The topological polar surface area (TPSA) is 73.2 Å². The molecule has 0 atom stereocenters. The Labute approximate surface area is 140 Å². The van der Waals surface area contributed by atoms with E-state index in [1.807, 2.05) is 0 Å². The Balaban J connectivity index is 1.78. The zero-order valence-electron chi connectivity index (χ0n) is 13.1. The number of nitrogens with zero attached hydrogens (tertiary/aromatic N) is 2. The number of esters is 1. The van der Waals surface area contributed by atoms with Gasteiger partial charge in [-0.25, -0.2) is 4.79 Å². The minimum absolute atomic E-state index is 0.0228. The van der Waals surface area contributed by atoms with Crippen molar-refractivity contribution in [3.05, 3.63) is 47.3 Å². The molecule has 1 aliphatic carbocycles. The number of carbonyl (C=O) groups excluding carboxylic acids is 2. The third kappa shape index (κ3) is 3.98. The molecule has 0 unspecified atom stereocenters. The Morgan fingerprint density at radius 1 is 1.32 bits per heavy atom. The Morgan fingerprint density at radius 2 is 2.04 bits per heavy atom. The minimum Gasteiger partial charge on any atom is -0.423 e. The van der Waals surface area contributed by atoms with Crippen molar-refractivity contribution in [1.82, 2.24) is 15.1 Å². The lowest BCUT2D eigenvalue weighted by molar-refractivity contribution is -0.141. The summed E-state index contributed by atoms with van der Waals surface area (Å²) in [7, 11) is 1.27. The number of hydrogen-bond acceptors (Lipinski definition) is 4. The molecule has 25 heavy (non-hydrogen) atoms. The molecule has 0 spiro atoms. The van der Waals surface area contributed by atoms with Crippen molar-refractivity contribution in [2.75, 3.05) is 0 Å². The van der Waals surface area contributed by atoms with Gasteiger partial charge < -0.3 is 10.1 Å². The van der Waals surface area contributed by atoms with Gasteiger partial charge in [0.2, 0.25) is 0 Å². The Hall–Kier alpha value is -2.84. The normalized spacial score (nSPS) is 14.2. The molecule has 1 aromatic heterocycles. The van der Waals surface area contributed by atoms with E-state index in [1.54, 1.807) is 0 Å². The van der Waals surface area contributed by atoms with E-state index < -0.39 is 23.4 Å². The number of alkyl halides is 3. The summed E-state index contributed by atoms with van der Waals surface area (Å²) in [6, 6.07) is 5.86. The van der Waals surface area contributed by atoms with Crippen LogP contribution in [0.1, 0.15) is 39.3 Å². The fourth-order valence-electron chi connectivity index (χ4n) is 2.21. The quantitative estimate of drug-likeness (QED) is 0.677. The summed E-state index contributed by atoms with van der Waals surface area (Å²) in [5.74, 6) is -1.54. The van der Waals surface area contributed by atoms with E-state index >= 15 is 0 Å². The van der Waals surface area contributed by atoms with Crippen LogP contribution in [0.4, 0.5) is 13.2 Å². The molecular formula is C16H14F3N3O3. The summed E-state index contributed by atoms with van der Waals surface area (Å²) in [6.07, 6.45) is -2.00. The summed E-state index contributed by atoms with van der Waals surface area (Å²) in [6.45, 7) is 0. The maximum Gasteiger partial charge on any atom is 0.436 e. The van der Waals surface area contributed by atoms with Crippen LogP contribution in [0, 0.1) is 0 Å². The predicted molar refractivity (Wildman–Crippen MR) is 80.1 cm³/mol. The molecule has 2 aromatic rings. The van der Waals surface area contributed by atoms with Gasteiger partial charge in [0, 0.05) is 24.8 Å². The molecule has 1 fully saturated rings. The highest BCUT2D eigenvalue weighted by Gasteiger charge is 2.39. The number of rotatable bonds is 4. The monoisotopic (exact) mass is 353 g/mol. The molecule has 1 saturated carbocycles. The lowest BCUT2D eigenvalue weighted by Gasteiger charge is -2.08. The number of aromatic nitrogens is 2. The fraction of sp³-hybridized carbons (Fsp3) is 0.312. The van der Waals surface area contributed by atoms with E-state index in [0.717, 1.165) is 23.7 Å². The van der Waals surface area contributed by atoms with Crippen LogP contribution in [0.25, 0.3) is 0 Å². The molecule has 1 aliphatic rings. The van der Waals surface area contributed by atoms with Crippen LogP contribution >= 0.6 is 0 Å². The van der Waals surface area contributed by atoms with E-state index in [0.29, 0.717) is 0 Å². The van der Waals surface area contributed by atoms with Gasteiger partial charge in [0.25, 0.3) is 5.91 Å². The maximum absolute atomic E-state index is 12.9. The zero-order valence-corrected chi connectivity index (χ0v) is 13.1. The molecule has 3 rings (SSSR count). The number of benzene rings is 1. The average molecular weight is 353 g/mol. The average Bonchev–Trinajstić information content (AvgIpc) is 3.24. The number of hydrogen-bond donors (Lipinski definition) is 1. The number of amides is 1. The van der Waals surface area contributed by atoms with Crippen molar-refractivity contribution in [3.8, 4) is 5.75 Å². The number of aryl methyl sites for hydroxylation is 1. The lowest BCUT2D eigenvalue weighted by atomic mass is 10.2. The van der Waals surface area contributed by atoms with E-state index in [-0.39, 0.29) is 23.3 Å². The molecule has 0 bridgehead atoms. The van der Waals surface area contributed by atoms with Gasteiger partial charge in [-0.3, -0.25) is 9.48 Å². The van der Waals surface area contributed by atoms with Crippen molar-refractivity contribution in [2.45, 2.75) is 25.1 Å². The summed E-state index contributed by atoms with van der Waals surface area (Å²) < 4.78 is 44.6. The smallest absolute Gasteiger partial charge is 0.423 e. The first-order chi connectivity index (χ1) is 11.7. The Kier molecular flexibility index (Phi) is 4.23. The van der Waals surface area contributed by atoms with Crippen LogP contribution < -0.4 is 10.1 Å². The van der Waals surface area contributed by atoms with Crippen molar-refractivity contribution in [3.63, 3.8) is 0 Å². The second-order valence-electron chi connectivity index (χ2n) is 5.73. The van der Waals surface area contributed by atoms with Gasteiger partial charge in [0.15, 0.2) is 5.69 Å². The zero-order chi connectivity index (χ0) is 18.2. The molecule has 9 heteroatoms. The van der Waals surface area contributed by atoms with Gasteiger partial charge in [-0.15, -0.1) is 0 Å². The number of nitrogens with one attached hydrogen (secondary N) is 1. The first-order valence-electron chi connectivity index (χ1n) is 7.48. The Morgan fingerprint density at radius 3 is 2.68 bits per heavy atom. The molecule has 1 aromatic carbocycles. The van der Waals surface area contributed by atoms with Crippen LogP contribution in [0.15, 0.2) is 30.5 Å². The maximum atomic E-state index is 12.9. The summed E-state index contributed by atoms with van der Waals surface area (Å²) in [4.78, 5) is 24.1. The van der Waals surface area contributed by atoms with Crippen molar-refractivity contribution in [2.24, 2.45) is 7.05 Å². The SMILES string of the molecule is Cn1cc(C(=O)Oc2cccc(C(=O)NC3CC3)c2)c(C(F)(F)F)n1. The highest BCUT2D eigenvalue weighted by atomic mass is 19.4. The lowest BCUT2D eigenvalue weighted by Crippen LogP contribution is -2.25. The number of halogens is 3. The third-order valence-electron chi connectivity index (χ3n) is 3.54. The van der Waals surface area contributed by atoms with Gasteiger partial charge in [-0.05, 0) is 31.0 Å². The van der Waals surface area contributed by atoms with Crippen molar-refractivity contribution < 1.29 is 27.5 Å². The van der Waals surface area contributed by atoms with Crippen molar-refractivity contribution >= 4 is 11.9 Å². The number of ether oxygens (including phenoxy) is 1. The highest BCUT2D eigenvalue weighted by Crippen LogP contribution is 2.31. The van der Waals surface area contributed by atoms with Crippen LogP contribution in [-0.4, -0.2) is 27.7 Å². The van der Waals surface area contributed by atoms with Crippen LogP contribution in [-0.2, 0) is 13.2 Å². The van der Waals surface area contributed by atoms with E-state index in [2.05, 4.69) is 10.4 Å². The van der Waals surface area contributed by atoms with Crippen LogP contribution in [0.3, 0.4) is 0 Å². The van der Waals surface area contributed by atoms with Gasteiger partial charge in [0.1, 0.15) is 11.3 Å². The molecule has 1 amide bonds. The molecule has 132 valence electrons. The summed E-state index contributed by atoms with van der Waals surface area (Å²) in [5.41, 5.74) is -1.75. The first kappa shape index (κ1) is 17.0. The molecule has 0 radical (unpaired) electrons. The third-order valence-corrected chi connectivity index (χ3v) is 3.54. The Bertz CT molecular complexity index is 826. The minimum atomic E-state index is -4.78. The van der Waals surface area contributed by atoms with Gasteiger partial charge in [0.05, 0.1) is 0 Å². The largest absolute Gasteiger partial charge is 0.436 e. The second-order valence-corrected chi connectivity index (χ2v) is 5.73. The van der Waals surface area contributed by atoms with E-state index in [4.69, 9.17) is 4.74 Å². The predicted octanol–water partition coefficient (Wildman–Crippen LogP) is 2.55. The standard InChI is InChI=1S/C16H14F3N3O3/c1-22-8-12(13(21-22)16(17,18)19)15(24)25-11-4-2-3-9(7-11)14(23)20-10-5-6-10/h2-4,7-8,10H,5-6H2,1H3,(H,20,23). The first-order valence-corrected chi connectivity index (χ1v) is 7.48. The van der Waals surface area contributed by atoms with E-state index in [1.165, 1.54) is 31.3 Å². The van der Waals surface area contributed by atoms with Crippen LogP contribution in [0.5, 0.6) is 5.75 Å². The molecule has 0 saturated heterocycles. The fourth-order valence-corrected chi connectivity index (χ4v) is 2.21. The summed E-state index contributed by atoms with van der Waals surface area (Å²) >= 11 is 0. The van der Waals surface area contributed by atoms with Gasteiger partial charge >= 0.3 is 12.1 Å².